The summed E-state index contributed by atoms with van der Waals surface area (Å²) in [7, 11) is 0. The van der Waals surface area contributed by atoms with Gasteiger partial charge in [0.15, 0.2) is 5.78 Å². The van der Waals surface area contributed by atoms with Crippen molar-refractivity contribution in [3.8, 4) is 0 Å². The Morgan fingerprint density at radius 2 is 1.50 bits per heavy atom. The van der Waals surface area contributed by atoms with Gasteiger partial charge in [-0.05, 0) is 6.42 Å². The fraction of sp³-hybridized carbons (Fsp3) is 0.933. The van der Waals surface area contributed by atoms with E-state index in [0.29, 0.717) is 39.1 Å². The molecule has 1 unspecified atom stereocenters. The maximum Gasteiger partial charge on any atom is 0.161 e. The summed E-state index contributed by atoms with van der Waals surface area (Å²) in [5.41, 5.74) is 0. The fourth-order valence-corrected chi connectivity index (χ4v) is 1.40. The summed E-state index contributed by atoms with van der Waals surface area (Å²) in [6.45, 7) is 12.0. The third kappa shape index (κ3) is 12.5. The van der Waals surface area contributed by atoms with E-state index < -0.39 is 0 Å². The van der Waals surface area contributed by atoms with Crippen LogP contribution in [0.5, 0.6) is 0 Å². The molecule has 0 aliphatic heterocycles. The summed E-state index contributed by atoms with van der Waals surface area (Å²) >= 11 is 0. The minimum Gasteiger partial charge on any atom is -0.378 e. The van der Waals surface area contributed by atoms with Crippen LogP contribution in [0.3, 0.4) is 0 Å². The van der Waals surface area contributed by atoms with E-state index in [4.69, 9.17) is 14.2 Å². The molecule has 0 heterocycles. The first-order chi connectivity index (χ1) is 9.57. The molecule has 0 fully saturated rings. The minimum atomic E-state index is 0.0868. The highest BCUT2D eigenvalue weighted by Crippen LogP contribution is 2.01. The largest absolute Gasteiger partial charge is 0.378 e. The number of nitrogens with one attached hydrogen (secondary N) is 1. The van der Waals surface area contributed by atoms with Crippen LogP contribution in [-0.4, -0.2) is 58.0 Å². The summed E-state index contributed by atoms with van der Waals surface area (Å²) in [6, 6.07) is 0.491. The highest BCUT2D eigenvalue weighted by molar-refractivity contribution is 5.81. The zero-order valence-corrected chi connectivity index (χ0v) is 13.4. The van der Waals surface area contributed by atoms with Crippen molar-refractivity contribution in [2.24, 2.45) is 5.92 Å². The second-order valence-electron chi connectivity index (χ2n) is 5.16. The van der Waals surface area contributed by atoms with Gasteiger partial charge in [0.25, 0.3) is 0 Å². The van der Waals surface area contributed by atoms with Crippen LogP contribution in [0.4, 0.5) is 0 Å². The fourth-order valence-electron chi connectivity index (χ4n) is 1.40. The van der Waals surface area contributed by atoms with Crippen molar-refractivity contribution in [2.45, 2.75) is 40.2 Å². The number of rotatable bonds is 14. The Morgan fingerprint density at radius 1 is 0.950 bits per heavy atom. The van der Waals surface area contributed by atoms with E-state index in [2.05, 4.69) is 19.2 Å². The lowest BCUT2D eigenvalue weighted by Gasteiger charge is -2.10. The summed E-state index contributed by atoms with van der Waals surface area (Å²) in [5.74, 6) is 0.247. The number of hydrogen-bond acceptors (Lipinski definition) is 5. The van der Waals surface area contributed by atoms with Crippen LogP contribution in [-0.2, 0) is 19.0 Å². The summed E-state index contributed by atoms with van der Waals surface area (Å²) in [5, 5.41) is 3.27. The van der Waals surface area contributed by atoms with Gasteiger partial charge in [0.05, 0.1) is 33.0 Å². The van der Waals surface area contributed by atoms with Crippen molar-refractivity contribution < 1.29 is 19.0 Å². The molecule has 120 valence electrons. The molecule has 0 radical (unpaired) electrons. The quantitative estimate of drug-likeness (QED) is 0.493. The van der Waals surface area contributed by atoms with E-state index in [0.717, 1.165) is 13.0 Å². The van der Waals surface area contributed by atoms with Gasteiger partial charge in [-0.15, -0.1) is 0 Å². The Labute approximate surface area is 123 Å². The molecule has 0 aliphatic carbocycles. The van der Waals surface area contributed by atoms with Crippen LogP contribution in [0.2, 0.25) is 0 Å². The molecule has 0 rings (SSSR count). The van der Waals surface area contributed by atoms with Crippen LogP contribution in [0, 0.1) is 5.92 Å². The molecule has 1 atom stereocenters. The lowest BCUT2D eigenvalue weighted by Crippen LogP contribution is -2.27. The normalized spacial score (nSPS) is 12.8. The molecule has 0 spiro atoms. The van der Waals surface area contributed by atoms with E-state index in [-0.39, 0.29) is 18.3 Å². The molecule has 20 heavy (non-hydrogen) atoms. The lowest BCUT2D eigenvalue weighted by atomic mass is 10.1. The van der Waals surface area contributed by atoms with E-state index in [1.54, 1.807) is 0 Å². The van der Waals surface area contributed by atoms with Gasteiger partial charge in [-0.3, -0.25) is 4.79 Å². The van der Waals surface area contributed by atoms with Crippen LogP contribution < -0.4 is 5.32 Å². The molecule has 0 aliphatic rings. The van der Waals surface area contributed by atoms with Crippen molar-refractivity contribution >= 4 is 5.78 Å². The summed E-state index contributed by atoms with van der Waals surface area (Å²) in [4.78, 5) is 11.5. The smallest absolute Gasteiger partial charge is 0.161 e. The van der Waals surface area contributed by atoms with Crippen LogP contribution in [0.15, 0.2) is 0 Å². The number of carbonyl (C=O) groups excluding carboxylic acids is 1. The molecule has 0 bridgehead atoms. The first kappa shape index (κ1) is 19.5. The van der Waals surface area contributed by atoms with Crippen LogP contribution >= 0.6 is 0 Å². The number of carbonyl (C=O) groups is 1. The van der Waals surface area contributed by atoms with Crippen LogP contribution in [0.25, 0.3) is 0 Å². The molecule has 5 nitrogen and oxygen atoms in total. The maximum atomic E-state index is 11.5. The topological polar surface area (TPSA) is 56.8 Å². The monoisotopic (exact) mass is 289 g/mol. The molecule has 0 saturated heterocycles. The average molecular weight is 289 g/mol. The van der Waals surface area contributed by atoms with Crippen LogP contribution in [0.1, 0.15) is 34.1 Å². The molecule has 0 aromatic heterocycles. The van der Waals surface area contributed by atoms with Gasteiger partial charge in [0.2, 0.25) is 0 Å². The van der Waals surface area contributed by atoms with Gasteiger partial charge >= 0.3 is 0 Å². The highest BCUT2D eigenvalue weighted by atomic mass is 16.5. The third-order valence-electron chi connectivity index (χ3n) is 2.95. The number of ether oxygens (including phenoxy) is 3. The Morgan fingerprint density at radius 3 is 2.05 bits per heavy atom. The second kappa shape index (κ2) is 13.5. The van der Waals surface area contributed by atoms with Crippen molar-refractivity contribution in [3.05, 3.63) is 0 Å². The Bertz CT molecular complexity index is 234. The van der Waals surface area contributed by atoms with Gasteiger partial charge in [-0.25, -0.2) is 0 Å². The van der Waals surface area contributed by atoms with E-state index in [1.807, 2.05) is 13.8 Å². The van der Waals surface area contributed by atoms with E-state index in [9.17, 15) is 4.79 Å². The first-order valence-electron chi connectivity index (χ1n) is 7.57. The molecule has 0 aromatic rings. The lowest BCUT2D eigenvalue weighted by molar-refractivity contribution is -0.127. The van der Waals surface area contributed by atoms with E-state index in [1.165, 1.54) is 0 Å². The Balaban J connectivity index is 3.15. The second-order valence-corrected chi connectivity index (χ2v) is 5.16. The van der Waals surface area contributed by atoms with Crippen molar-refractivity contribution in [1.82, 2.24) is 5.32 Å². The molecule has 0 amide bonds. The summed E-state index contributed by atoms with van der Waals surface area (Å²) < 4.78 is 16.0. The Kier molecular flexibility index (Phi) is 13.2. The molecule has 0 saturated carbocycles. The Hall–Kier alpha value is -0.490. The van der Waals surface area contributed by atoms with E-state index >= 15 is 0 Å². The third-order valence-corrected chi connectivity index (χ3v) is 2.95. The van der Waals surface area contributed by atoms with Crippen molar-refractivity contribution in [3.63, 3.8) is 0 Å². The van der Waals surface area contributed by atoms with Gasteiger partial charge in [-0.1, -0.05) is 27.7 Å². The molecule has 1 N–H and O–H groups in total. The SMILES string of the molecule is CCC(C)C(=O)COCCOCCOCCNC(C)C. The van der Waals surface area contributed by atoms with Crippen molar-refractivity contribution in [1.29, 1.82) is 0 Å². The van der Waals surface area contributed by atoms with Gasteiger partial charge in [-0.2, -0.15) is 0 Å². The number of hydrogen-bond donors (Lipinski definition) is 1. The summed E-state index contributed by atoms with van der Waals surface area (Å²) in [6.07, 6.45) is 0.863. The predicted molar refractivity (Wildman–Crippen MR) is 80.1 cm³/mol. The number of ketones is 1. The molecular formula is C15H31NO4. The molecule has 5 heteroatoms. The average Bonchev–Trinajstić information content (AvgIpc) is 2.43. The first-order valence-corrected chi connectivity index (χ1v) is 7.57. The molecular weight excluding hydrogens is 258 g/mol. The standard InChI is InChI=1S/C15H31NO4/c1-5-14(4)15(17)12-20-11-10-19-9-8-18-7-6-16-13(2)3/h13-14,16H,5-12H2,1-4H3. The van der Waals surface area contributed by atoms with Crippen molar-refractivity contribution in [2.75, 3.05) is 46.2 Å². The number of Topliss-reactive ketones (excluding diaryl/α,β-unsaturated/α-hetero) is 1. The zero-order chi connectivity index (χ0) is 15.2. The zero-order valence-electron chi connectivity index (χ0n) is 13.4. The molecule has 0 aromatic carbocycles. The van der Waals surface area contributed by atoms with Gasteiger partial charge < -0.3 is 19.5 Å². The van der Waals surface area contributed by atoms with Gasteiger partial charge in [0.1, 0.15) is 6.61 Å². The minimum absolute atomic E-state index is 0.0868. The van der Waals surface area contributed by atoms with Gasteiger partial charge in [0, 0.05) is 18.5 Å². The highest BCUT2D eigenvalue weighted by Gasteiger charge is 2.09. The maximum absolute atomic E-state index is 11.5. The predicted octanol–water partition coefficient (Wildman–Crippen LogP) is 1.65.